The van der Waals surface area contributed by atoms with Gasteiger partial charge in [0.25, 0.3) is 0 Å². The highest BCUT2D eigenvalue weighted by Gasteiger charge is 2.49. The maximum atomic E-state index is 12.7. The number of fused-ring (bicyclic) bond motifs is 1. The molecule has 1 heterocycles. The third kappa shape index (κ3) is 1.25. The summed E-state index contributed by atoms with van der Waals surface area (Å²) in [4.78, 5) is 0. The van der Waals surface area contributed by atoms with Crippen LogP contribution in [0.3, 0.4) is 0 Å². The van der Waals surface area contributed by atoms with Gasteiger partial charge in [-0.05, 0) is 11.8 Å². The molecule has 0 aromatic heterocycles. The van der Waals surface area contributed by atoms with Crippen LogP contribution in [0.2, 0.25) is 0 Å². The first-order valence-electron chi connectivity index (χ1n) is 3.94. The molecule has 2 fully saturated rings. The SMILES string of the molecule is NN1CC2CC(F)(F)CC2C1. The lowest BCUT2D eigenvalue weighted by molar-refractivity contribution is -0.00255. The third-order valence-corrected chi connectivity index (χ3v) is 2.73. The largest absolute Gasteiger partial charge is 0.269 e. The van der Waals surface area contributed by atoms with Gasteiger partial charge in [-0.1, -0.05) is 0 Å². The van der Waals surface area contributed by atoms with Gasteiger partial charge in [0.05, 0.1) is 0 Å². The molecule has 1 saturated heterocycles. The number of hydrazine groups is 1. The molecule has 0 radical (unpaired) electrons. The molecule has 4 heteroatoms. The van der Waals surface area contributed by atoms with Crippen LogP contribution in [0, 0.1) is 11.8 Å². The summed E-state index contributed by atoms with van der Waals surface area (Å²) in [5.41, 5.74) is 0. The lowest BCUT2D eigenvalue weighted by Gasteiger charge is -2.12. The van der Waals surface area contributed by atoms with Crippen LogP contribution in [-0.4, -0.2) is 24.0 Å². The quantitative estimate of drug-likeness (QED) is 0.535. The zero-order valence-electron chi connectivity index (χ0n) is 6.26. The predicted octanol–water partition coefficient (Wildman–Crippen LogP) is 0.837. The van der Waals surface area contributed by atoms with E-state index in [9.17, 15) is 8.78 Å². The van der Waals surface area contributed by atoms with Crippen molar-refractivity contribution in [2.45, 2.75) is 18.8 Å². The number of rotatable bonds is 0. The third-order valence-electron chi connectivity index (χ3n) is 2.73. The average Bonchev–Trinajstić information content (AvgIpc) is 2.17. The highest BCUT2D eigenvalue weighted by atomic mass is 19.3. The molecule has 2 N–H and O–H groups in total. The molecule has 0 aromatic rings. The van der Waals surface area contributed by atoms with Crippen molar-refractivity contribution in [1.82, 2.24) is 5.01 Å². The molecule has 1 aliphatic heterocycles. The van der Waals surface area contributed by atoms with Gasteiger partial charge in [-0.3, -0.25) is 5.84 Å². The predicted molar refractivity (Wildman–Crippen MR) is 36.9 cm³/mol. The second-order valence-electron chi connectivity index (χ2n) is 3.74. The van der Waals surface area contributed by atoms with Crippen molar-refractivity contribution in [3.05, 3.63) is 0 Å². The van der Waals surface area contributed by atoms with E-state index in [-0.39, 0.29) is 24.7 Å². The monoisotopic (exact) mass is 162 g/mol. The molecule has 1 saturated carbocycles. The molecule has 2 rings (SSSR count). The van der Waals surface area contributed by atoms with E-state index in [1.807, 2.05) is 0 Å². The van der Waals surface area contributed by atoms with E-state index < -0.39 is 5.92 Å². The molecule has 2 atom stereocenters. The van der Waals surface area contributed by atoms with Crippen LogP contribution in [0.1, 0.15) is 12.8 Å². The topological polar surface area (TPSA) is 29.3 Å². The minimum atomic E-state index is -2.41. The minimum absolute atomic E-state index is 0.0470. The van der Waals surface area contributed by atoms with Gasteiger partial charge in [-0.25, -0.2) is 13.8 Å². The summed E-state index contributed by atoms with van der Waals surface area (Å²) in [6, 6.07) is 0. The summed E-state index contributed by atoms with van der Waals surface area (Å²) in [6.07, 6.45) is 0.0940. The Morgan fingerprint density at radius 3 is 2.09 bits per heavy atom. The Balaban J connectivity index is 2.04. The van der Waals surface area contributed by atoms with E-state index in [2.05, 4.69) is 0 Å². The lowest BCUT2D eigenvalue weighted by Crippen LogP contribution is -2.30. The maximum absolute atomic E-state index is 12.7. The summed E-state index contributed by atoms with van der Waals surface area (Å²) in [6.45, 7) is 1.31. The van der Waals surface area contributed by atoms with Gasteiger partial charge < -0.3 is 0 Å². The van der Waals surface area contributed by atoms with Crippen LogP contribution in [0.4, 0.5) is 8.78 Å². The van der Waals surface area contributed by atoms with Crippen molar-refractivity contribution in [2.24, 2.45) is 17.7 Å². The van der Waals surface area contributed by atoms with Crippen LogP contribution >= 0.6 is 0 Å². The van der Waals surface area contributed by atoms with Crippen LogP contribution in [0.5, 0.6) is 0 Å². The van der Waals surface area contributed by atoms with E-state index in [0.717, 1.165) is 0 Å². The molecule has 1 aliphatic carbocycles. The van der Waals surface area contributed by atoms with Gasteiger partial charge in [-0.15, -0.1) is 0 Å². The van der Waals surface area contributed by atoms with Crippen LogP contribution in [-0.2, 0) is 0 Å². The number of alkyl halides is 2. The van der Waals surface area contributed by atoms with Gasteiger partial charge in [-0.2, -0.15) is 0 Å². The number of halogens is 2. The first kappa shape index (κ1) is 7.43. The summed E-state index contributed by atoms with van der Waals surface area (Å²) in [5, 5.41) is 1.66. The van der Waals surface area contributed by atoms with E-state index in [0.29, 0.717) is 13.1 Å². The molecule has 11 heavy (non-hydrogen) atoms. The average molecular weight is 162 g/mol. The van der Waals surface area contributed by atoms with Gasteiger partial charge in [0.15, 0.2) is 0 Å². The number of nitrogens with zero attached hydrogens (tertiary/aromatic N) is 1. The Hall–Kier alpha value is -0.220. The first-order chi connectivity index (χ1) is 5.07. The molecule has 64 valence electrons. The second-order valence-corrected chi connectivity index (χ2v) is 3.74. The molecule has 2 unspecified atom stereocenters. The standard InChI is InChI=1S/C7H12F2N2/c8-7(9)1-5-3-11(10)4-6(5)2-7/h5-6H,1-4,10H2. The van der Waals surface area contributed by atoms with Crippen molar-refractivity contribution in [1.29, 1.82) is 0 Å². The summed E-state index contributed by atoms with van der Waals surface area (Å²) in [7, 11) is 0. The van der Waals surface area contributed by atoms with E-state index >= 15 is 0 Å². The zero-order valence-corrected chi connectivity index (χ0v) is 6.26. The zero-order chi connectivity index (χ0) is 8.06. The molecule has 0 spiro atoms. The fraction of sp³-hybridized carbons (Fsp3) is 1.00. The highest BCUT2D eigenvalue weighted by molar-refractivity contribution is 4.94. The molecular formula is C7H12F2N2. The van der Waals surface area contributed by atoms with Gasteiger partial charge in [0, 0.05) is 25.9 Å². The number of nitrogens with two attached hydrogens (primary N) is 1. The fourth-order valence-corrected chi connectivity index (χ4v) is 2.29. The number of hydrogen-bond donors (Lipinski definition) is 1. The molecule has 0 aromatic carbocycles. The number of hydrogen-bond acceptors (Lipinski definition) is 2. The van der Waals surface area contributed by atoms with Crippen molar-refractivity contribution >= 4 is 0 Å². The Bertz CT molecular complexity index is 156. The molecule has 2 aliphatic rings. The summed E-state index contributed by atoms with van der Waals surface area (Å²) >= 11 is 0. The molecule has 2 nitrogen and oxygen atoms in total. The second kappa shape index (κ2) is 2.14. The van der Waals surface area contributed by atoms with Crippen molar-refractivity contribution < 1.29 is 8.78 Å². The first-order valence-corrected chi connectivity index (χ1v) is 3.94. The fourth-order valence-electron chi connectivity index (χ4n) is 2.29. The highest BCUT2D eigenvalue weighted by Crippen LogP contribution is 2.45. The van der Waals surface area contributed by atoms with Crippen molar-refractivity contribution in [2.75, 3.05) is 13.1 Å². The minimum Gasteiger partial charge on any atom is -0.269 e. The van der Waals surface area contributed by atoms with Crippen molar-refractivity contribution in [3.8, 4) is 0 Å². The maximum Gasteiger partial charge on any atom is 0.248 e. The van der Waals surface area contributed by atoms with E-state index in [4.69, 9.17) is 5.84 Å². The van der Waals surface area contributed by atoms with Crippen LogP contribution < -0.4 is 5.84 Å². The van der Waals surface area contributed by atoms with Crippen molar-refractivity contribution in [3.63, 3.8) is 0 Å². The summed E-state index contributed by atoms with van der Waals surface area (Å²) in [5.74, 6) is 3.39. The smallest absolute Gasteiger partial charge is 0.248 e. The molecule has 0 amide bonds. The Morgan fingerprint density at radius 1 is 1.18 bits per heavy atom. The van der Waals surface area contributed by atoms with E-state index in [1.165, 1.54) is 0 Å². The molecule has 0 bridgehead atoms. The lowest BCUT2D eigenvalue weighted by atomic mass is 10.0. The summed E-state index contributed by atoms with van der Waals surface area (Å²) < 4.78 is 25.5. The Morgan fingerprint density at radius 2 is 1.64 bits per heavy atom. The Labute approximate surface area is 64.3 Å². The Kier molecular flexibility index (Phi) is 1.44. The van der Waals surface area contributed by atoms with Crippen LogP contribution in [0.15, 0.2) is 0 Å². The molecular weight excluding hydrogens is 150 g/mol. The van der Waals surface area contributed by atoms with Gasteiger partial charge in [0.2, 0.25) is 5.92 Å². The normalized spacial score (nSPS) is 42.8. The van der Waals surface area contributed by atoms with Gasteiger partial charge in [0.1, 0.15) is 0 Å². The van der Waals surface area contributed by atoms with Crippen LogP contribution in [0.25, 0.3) is 0 Å². The van der Waals surface area contributed by atoms with Gasteiger partial charge >= 0.3 is 0 Å². The van der Waals surface area contributed by atoms with E-state index in [1.54, 1.807) is 5.01 Å².